The molecule has 2 nitrogen and oxygen atoms in total. The standard InChI is InChI=1S/C13H27NO/c1-12(2)10-14(5)8-6-7-9-15-11-13(3)4/h6-7,12-13H,8-11H2,1-5H3. The van der Waals surface area contributed by atoms with Crippen molar-refractivity contribution in [3.63, 3.8) is 0 Å². The van der Waals surface area contributed by atoms with Crippen molar-refractivity contribution in [2.75, 3.05) is 33.4 Å². The number of likely N-dealkylation sites (N-methyl/N-ethyl adjacent to an activating group) is 1. The molecule has 0 amide bonds. The Morgan fingerprint density at radius 3 is 2.27 bits per heavy atom. The molecule has 0 saturated heterocycles. The van der Waals surface area contributed by atoms with Gasteiger partial charge in [-0.15, -0.1) is 0 Å². The molecule has 0 unspecified atom stereocenters. The van der Waals surface area contributed by atoms with Crippen molar-refractivity contribution in [1.82, 2.24) is 4.90 Å². The summed E-state index contributed by atoms with van der Waals surface area (Å²) in [5.41, 5.74) is 0. The van der Waals surface area contributed by atoms with Gasteiger partial charge in [0, 0.05) is 19.7 Å². The molecule has 0 bridgehead atoms. The second kappa shape index (κ2) is 8.93. The van der Waals surface area contributed by atoms with Crippen LogP contribution in [0, 0.1) is 11.8 Å². The van der Waals surface area contributed by atoms with E-state index < -0.39 is 0 Å². The third-order valence-electron chi connectivity index (χ3n) is 1.93. The maximum absolute atomic E-state index is 5.45. The first kappa shape index (κ1) is 14.7. The Bertz CT molecular complexity index is 164. The van der Waals surface area contributed by atoms with Crippen LogP contribution in [0.25, 0.3) is 0 Å². The maximum atomic E-state index is 5.45. The predicted octanol–water partition coefficient (Wildman–Crippen LogP) is 2.80. The highest BCUT2D eigenvalue weighted by molar-refractivity contribution is 4.84. The summed E-state index contributed by atoms with van der Waals surface area (Å²) in [7, 11) is 2.15. The zero-order valence-corrected chi connectivity index (χ0v) is 11.0. The van der Waals surface area contributed by atoms with E-state index in [1.807, 2.05) is 0 Å². The fraction of sp³-hybridized carbons (Fsp3) is 0.846. The number of ether oxygens (including phenoxy) is 1. The van der Waals surface area contributed by atoms with Gasteiger partial charge in [0.2, 0.25) is 0 Å². The molecule has 0 radical (unpaired) electrons. The Morgan fingerprint density at radius 1 is 1.07 bits per heavy atom. The first-order chi connectivity index (χ1) is 7.02. The van der Waals surface area contributed by atoms with Crippen LogP contribution in [0.5, 0.6) is 0 Å². The third-order valence-corrected chi connectivity index (χ3v) is 1.93. The molecule has 2 heteroatoms. The lowest BCUT2D eigenvalue weighted by atomic mass is 10.2. The Labute approximate surface area is 95.3 Å². The van der Waals surface area contributed by atoms with Gasteiger partial charge in [-0.1, -0.05) is 39.8 Å². The van der Waals surface area contributed by atoms with Crippen molar-refractivity contribution in [2.45, 2.75) is 27.7 Å². The predicted molar refractivity (Wildman–Crippen MR) is 67.1 cm³/mol. The Hall–Kier alpha value is -0.340. The highest BCUT2D eigenvalue weighted by atomic mass is 16.5. The molecule has 0 spiro atoms. The first-order valence-electron chi connectivity index (χ1n) is 5.93. The van der Waals surface area contributed by atoms with E-state index in [1.165, 1.54) is 0 Å². The zero-order valence-electron chi connectivity index (χ0n) is 11.0. The van der Waals surface area contributed by atoms with E-state index in [0.717, 1.165) is 32.2 Å². The van der Waals surface area contributed by atoms with Crippen molar-refractivity contribution in [1.29, 1.82) is 0 Å². The van der Waals surface area contributed by atoms with Crippen molar-refractivity contribution >= 4 is 0 Å². The van der Waals surface area contributed by atoms with E-state index in [1.54, 1.807) is 0 Å². The third kappa shape index (κ3) is 11.6. The van der Waals surface area contributed by atoms with Crippen molar-refractivity contribution in [3.05, 3.63) is 12.2 Å². The average Bonchev–Trinajstić information content (AvgIpc) is 2.09. The minimum absolute atomic E-state index is 0.627. The molecule has 0 rings (SSSR count). The Kier molecular flexibility index (Phi) is 8.73. The molecule has 0 heterocycles. The molecular formula is C13H27NO. The topological polar surface area (TPSA) is 12.5 Å². The molecule has 0 aromatic carbocycles. The van der Waals surface area contributed by atoms with E-state index in [2.05, 4.69) is 51.8 Å². The Balaban J connectivity index is 3.37. The van der Waals surface area contributed by atoms with Crippen LogP contribution in [0.1, 0.15) is 27.7 Å². The highest BCUT2D eigenvalue weighted by Gasteiger charge is 1.98. The summed E-state index contributed by atoms with van der Waals surface area (Å²) in [4.78, 5) is 2.32. The Morgan fingerprint density at radius 2 is 1.73 bits per heavy atom. The van der Waals surface area contributed by atoms with Crippen molar-refractivity contribution in [3.8, 4) is 0 Å². The molecule has 0 aromatic heterocycles. The largest absolute Gasteiger partial charge is 0.377 e. The molecule has 0 fully saturated rings. The molecule has 0 N–H and O–H groups in total. The van der Waals surface area contributed by atoms with Gasteiger partial charge < -0.3 is 9.64 Å². The summed E-state index contributed by atoms with van der Waals surface area (Å²) in [6.45, 7) is 12.6. The number of hydrogen-bond acceptors (Lipinski definition) is 2. The number of hydrogen-bond donors (Lipinski definition) is 0. The van der Waals surface area contributed by atoms with Crippen molar-refractivity contribution in [2.24, 2.45) is 11.8 Å². The van der Waals surface area contributed by atoms with Gasteiger partial charge in [0.05, 0.1) is 6.61 Å². The fourth-order valence-electron chi connectivity index (χ4n) is 1.39. The highest BCUT2D eigenvalue weighted by Crippen LogP contribution is 1.96. The molecular weight excluding hydrogens is 186 g/mol. The van der Waals surface area contributed by atoms with Crippen molar-refractivity contribution < 1.29 is 4.74 Å². The van der Waals surface area contributed by atoms with Crippen LogP contribution in [0.4, 0.5) is 0 Å². The smallest absolute Gasteiger partial charge is 0.0648 e. The fourth-order valence-corrected chi connectivity index (χ4v) is 1.39. The normalized spacial score (nSPS) is 12.5. The van der Waals surface area contributed by atoms with E-state index in [0.29, 0.717) is 5.92 Å². The molecule has 0 saturated carbocycles. The van der Waals surface area contributed by atoms with Gasteiger partial charge in [0.15, 0.2) is 0 Å². The van der Waals surface area contributed by atoms with E-state index in [4.69, 9.17) is 4.74 Å². The lowest BCUT2D eigenvalue weighted by molar-refractivity contribution is 0.134. The quantitative estimate of drug-likeness (QED) is 0.454. The maximum Gasteiger partial charge on any atom is 0.0648 e. The molecule has 0 aliphatic rings. The summed E-state index contributed by atoms with van der Waals surface area (Å²) < 4.78 is 5.45. The zero-order chi connectivity index (χ0) is 11.7. The van der Waals surface area contributed by atoms with Gasteiger partial charge in [-0.05, 0) is 18.9 Å². The number of rotatable bonds is 8. The van der Waals surface area contributed by atoms with Crippen LogP contribution in [-0.4, -0.2) is 38.3 Å². The van der Waals surface area contributed by atoms with Gasteiger partial charge in [-0.3, -0.25) is 0 Å². The summed E-state index contributed by atoms with van der Waals surface area (Å²) in [6, 6.07) is 0. The van der Waals surface area contributed by atoms with E-state index in [9.17, 15) is 0 Å². The van der Waals surface area contributed by atoms with Crippen LogP contribution in [0.15, 0.2) is 12.2 Å². The van der Waals surface area contributed by atoms with Gasteiger partial charge in [0.1, 0.15) is 0 Å². The lowest BCUT2D eigenvalue weighted by Gasteiger charge is -2.16. The SMILES string of the molecule is CC(C)COCC=CCN(C)CC(C)C. The van der Waals surface area contributed by atoms with Crippen LogP contribution in [0.2, 0.25) is 0 Å². The van der Waals surface area contributed by atoms with Crippen LogP contribution < -0.4 is 0 Å². The summed E-state index contributed by atoms with van der Waals surface area (Å²) >= 11 is 0. The van der Waals surface area contributed by atoms with Gasteiger partial charge in [0.25, 0.3) is 0 Å². The summed E-state index contributed by atoms with van der Waals surface area (Å²) in [5, 5.41) is 0. The molecule has 0 atom stereocenters. The van der Waals surface area contributed by atoms with Crippen LogP contribution in [0.3, 0.4) is 0 Å². The molecule has 0 aliphatic carbocycles. The minimum Gasteiger partial charge on any atom is -0.377 e. The first-order valence-corrected chi connectivity index (χ1v) is 5.93. The average molecular weight is 213 g/mol. The monoisotopic (exact) mass is 213 g/mol. The minimum atomic E-state index is 0.627. The van der Waals surface area contributed by atoms with Gasteiger partial charge >= 0.3 is 0 Å². The van der Waals surface area contributed by atoms with Crippen LogP contribution >= 0.6 is 0 Å². The summed E-state index contributed by atoms with van der Waals surface area (Å²) in [6.07, 6.45) is 4.29. The van der Waals surface area contributed by atoms with E-state index in [-0.39, 0.29) is 0 Å². The second-order valence-electron chi connectivity index (χ2n) is 5.02. The van der Waals surface area contributed by atoms with Gasteiger partial charge in [-0.25, -0.2) is 0 Å². The molecule has 0 aromatic rings. The number of nitrogens with zero attached hydrogens (tertiary/aromatic N) is 1. The lowest BCUT2D eigenvalue weighted by Crippen LogP contribution is -2.23. The second-order valence-corrected chi connectivity index (χ2v) is 5.02. The van der Waals surface area contributed by atoms with E-state index >= 15 is 0 Å². The molecule has 90 valence electrons. The van der Waals surface area contributed by atoms with Crippen LogP contribution in [-0.2, 0) is 4.74 Å². The molecule has 15 heavy (non-hydrogen) atoms. The summed E-state index contributed by atoms with van der Waals surface area (Å²) in [5.74, 6) is 1.36. The molecule has 0 aliphatic heterocycles. The van der Waals surface area contributed by atoms with Gasteiger partial charge in [-0.2, -0.15) is 0 Å².